The van der Waals surface area contributed by atoms with Crippen LogP contribution in [-0.4, -0.2) is 24.1 Å². The van der Waals surface area contributed by atoms with E-state index < -0.39 is 5.82 Å². The zero-order chi connectivity index (χ0) is 20.3. The van der Waals surface area contributed by atoms with Crippen molar-refractivity contribution in [3.8, 4) is 0 Å². The number of thioether (sulfide) groups is 1. The maximum atomic E-state index is 13.3. The SMILES string of the molecule is CC(C)CCNC(=O)c1ccc2c(c1)N(Cc1ccc(F)cc1Cl)C(=O)CS2. The van der Waals surface area contributed by atoms with Gasteiger partial charge >= 0.3 is 0 Å². The number of fused-ring (bicyclic) bond motifs is 1. The van der Waals surface area contributed by atoms with Crippen molar-refractivity contribution >= 4 is 40.9 Å². The van der Waals surface area contributed by atoms with Gasteiger partial charge in [0.25, 0.3) is 5.91 Å². The van der Waals surface area contributed by atoms with Crippen LogP contribution in [0.2, 0.25) is 5.02 Å². The van der Waals surface area contributed by atoms with Crippen molar-refractivity contribution in [1.29, 1.82) is 0 Å². The molecule has 28 heavy (non-hydrogen) atoms. The lowest BCUT2D eigenvalue weighted by atomic mass is 10.1. The molecule has 0 saturated heterocycles. The van der Waals surface area contributed by atoms with Crippen molar-refractivity contribution in [2.45, 2.75) is 31.7 Å². The van der Waals surface area contributed by atoms with Crippen LogP contribution in [0.15, 0.2) is 41.3 Å². The fourth-order valence-electron chi connectivity index (χ4n) is 2.91. The molecule has 4 nitrogen and oxygen atoms in total. The summed E-state index contributed by atoms with van der Waals surface area (Å²) in [7, 11) is 0. The summed E-state index contributed by atoms with van der Waals surface area (Å²) >= 11 is 7.58. The van der Waals surface area contributed by atoms with Crippen molar-refractivity contribution in [1.82, 2.24) is 5.32 Å². The van der Waals surface area contributed by atoms with E-state index >= 15 is 0 Å². The van der Waals surface area contributed by atoms with Crippen molar-refractivity contribution in [2.24, 2.45) is 5.92 Å². The quantitative estimate of drug-likeness (QED) is 0.723. The molecular formula is C21H22ClFN2O2S. The minimum atomic E-state index is -0.421. The first-order chi connectivity index (χ1) is 13.3. The van der Waals surface area contributed by atoms with E-state index in [9.17, 15) is 14.0 Å². The Morgan fingerprint density at radius 2 is 2.07 bits per heavy atom. The summed E-state index contributed by atoms with van der Waals surface area (Å²) in [5.74, 6) is 0.163. The maximum Gasteiger partial charge on any atom is 0.251 e. The lowest BCUT2D eigenvalue weighted by Crippen LogP contribution is -2.35. The van der Waals surface area contributed by atoms with E-state index in [-0.39, 0.29) is 23.4 Å². The second kappa shape index (κ2) is 8.97. The number of anilines is 1. The highest BCUT2D eigenvalue weighted by Crippen LogP contribution is 2.37. The predicted octanol–water partition coefficient (Wildman–Crippen LogP) is 4.89. The first-order valence-corrected chi connectivity index (χ1v) is 10.5. The molecule has 7 heteroatoms. The van der Waals surface area contributed by atoms with Gasteiger partial charge in [0.05, 0.1) is 18.0 Å². The fourth-order valence-corrected chi connectivity index (χ4v) is 4.06. The largest absolute Gasteiger partial charge is 0.352 e. The first kappa shape index (κ1) is 20.7. The van der Waals surface area contributed by atoms with Crippen LogP contribution < -0.4 is 10.2 Å². The number of nitrogens with zero attached hydrogens (tertiary/aromatic N) is 1. The molecule has 0 unspecified atom stereocenters. The molecule has 2 aromatic carbocycles. The van der Waals surface area contributed by atoms with Gasteiger partial charge in [0.1, 0.15) is 5.82 Å². The van der Waals surface area contributed by atoms with Crippen molar-refractivity contribution in [3.05, 3.63) is 58.4 Å². The van der Waals surface area contributed by atoms with Gasteiger partial charge in [-0.1, -0.05) is 31.5 Å². The minimum Gasteiger partial charge on any atom is -0.352 e. The van der Waals surface area contributed by atoms with E-state index in [0.29, 0.717) is 35.0 Å². The van der Waals surface area contributed by atoms with Crippen LogP contribution >= 0.6 is 23.4 Å². The van der Waals surface area contributed by atoms with Crippen LogP contribution in [0.1, 0.15) is 36.2 Å². The van der Waals surface area contributed by atoms with Gasteiger partial charge in [-0.25, -0.2) is 4.39 Å². The fraction of sp³-hybridized carbons (Fsp3) is 0.333. The van der Waals surface area contributed by atoms with Gasteiger partial charge in [-0.05, 0) is 48.2 Å². The highest BCUT2D eigenvalue weighted by Gasteiger charge is 2.26. The number of benzene rings is 2. The number of amides is 2. The molecule has 0 saturated carbocycles. The Kier molecular flexibility index (Phi) is 6.62. The van der Waals surface area contributed by atoms with Crippen molar-refractivity contribution < 1.29 is 14.0 Å². The van der Waals surface area contributed by atoms with Crippen LogP contribution in [0.4, 0.5) is 10.1 Å². The molecule has 1 aliphatic rings. The van der Waals surface area contributed by atoms with Gasteiger partial charge in [-0.15, -0.1) is 11.8 Å². The van der Waals surface area contributed by atoms with Gasteiger partial charge in [-0.2, -0.15) is 0 Å². The molecule has 1 N–H and O–H groups in total. The number of hydrogen-bond donors (Lipinski definition) is 1. The Hall–Kier alpha value is -2.05. The highest BCUT2D eigenvalue weighted by atomic mass is 35.5. The number of carbonyl (C=O) groups is 2. The maximum absolute atomic E-state index is 13.3. The van der Waals surface area contributed by atoms with E-state index in [1.165, 1.54) is 23.9 Å². The topological polar surface area (TPSA) is 49.4 Å². The van der Waals surface area contributed by atoms with Gasteiger partial charge in [-0.3, -0.25) is 9.59 Å². The molecule has 1 heterocycles. The molecule has 0 aliphatic carbocycles. The van der Waals surface area contributed by atoms with Gasteiger partial charge < -0.3 is 10.2 Å². The van der Waals surface area contributed by atoms with Crippen LogP contribution in [0.3, 0.4) is 0 Å². The van der Waals surface area contributed by atoms with Gasteiger partial charge in [0, 0.05) is 22.0 Å². The summed E-state index contributed by atoms with van der Waals surface area (Å²) < 4.78 is 13.3. The molecule has 2 amide bonds. The molecule has 0 aromatic heterocycles. The van der Waals surface area contributed by atoms with E-state index in [1.807, 2.05) is 6.07 Å². The van der Waals surface area contributed by atoms with E-state index in [2.05, 4.69) is 19.2 Å². The Bertz CT molecular complexity index is 904. The molecule has 0 radical (unpaired) electrons. The molecule has 0 spiro atoms. The highest BCUT2D eigenvalue weighted by molar-refractivity contribution is 8.00. The summed E-state index contributed by atoms with van der Waals surface area (Å²) in [5, 5.41) is 3.19. The van der Waals surface area contributed by atoms with Crippen LogP contribution in [-0.2, 0) is 11.3 Å². The number of halogens is 2. The summed E-state index contributed by atoms with van der Waals surface area (Å²) in [6.07, 6.45) is 0.903. The van der Waals surface area contributed by atoms with E-state index in [4.69, 9.17) is 11.6 Å². The third kappa shape index (κ3) is 4.86. The third-order valence-electron chi connectivity index (χ3n) is 4.51. The number of rotatable bonds is 6. The Morgan fingerprint density at radius 3 is 2.79 bits per heavy atom. The predicted molar refractivity (Wildman–Crippen MR) is 112 cm³/mol. The minimum absolute atomic E-state index is 0.0738. The van der Waals surface area contributed by atoms with Gasteiger partial charge in [0.15, 0.2) is 0 Å². The molecular weight excluding hydrogens is 399 g/mol. The number of hydrogen-bond acceptors (Lipinski definition) is 3. The zero-order valence-electron chi connectivity index (χ0n) is 15.8. The van der Waals surface area contributed by atoms with E-state index in [0.717, 1.165) is 11.3 Å². The van der Waals surface area contributed by atoms with Crippen LogP contribution in [0.5, 0.6) is 0 Å². The average Bonchev–Trinajstić information content (AvgIpc) is 2.65. The lowest BCUT2D eigenvalue weighted by Gasteiger charge is -2.29. The second-order valence-electron chi connectivity index (χ2n) is 7.13. The van der Waals surface area contributed by atoms with Crippen molar-refractivity contribution in [3.63, 3.8) is 0 Å². The van der Waals surface area contributed by atoms with Gasteiger partial charge in [0.2, 0.25) is 5.91 Å². The zero-order valence-corrected chi connectivity index (χ0v) is 17.4. The normalized spacial score (nSPS) is 13.6. The molecule has 0 atom stereocenters. The Morgan fingerprint density at radius 1 is 1.29 bits per heavy atom. The summed E-state index contributed by atoms with van der Waals surface area (Å²) in [4.78, 5) is 27.6. The second-order valence-corrected chi connectivity index (χ2v) is 8.55. The van der Waals surface area contributed by atoms with Crippen LogP contribution in [0, 0.1) is 11.7 Å². The molecule has 3 rings (SSSR count). The Balaban J connectivity index is 1.84. The standard InChI is InChI=1S/C21H22ClFN2O2S/c1-13(2)7-8-24-21(27)14-4-6-19-18(9-14)25(20(26)12-28-19)11-15-3-5-16(23)10-17(15)22/h3-6,9-10,13H,7-8,11-12H2,1-2H3,(H,24,27). The summed E-state index contributed by atoms with van der Waals surface area (Å²) in [5.41, 5.74) is 1.84. The average molecular weight is 421 g/mol. The van der Waals surface area contributed by atoms with Crippen molar-refractivity contribution in [2.75, 3.05) is 17.2 Å². The Labute approximate surface area is 173 Å². The summed E-state index contributed by atoms with van der Waals surface area (Å²) in [6, 6.07) is 9.51. The molecule has 2 aromatic rings. The first-order valence-electron chi connectivity index (χ1n) is 9.14. The van der Waals surface area contributed by atoms with Crippen LogP contribution in [0.25, 0.3) is 0 Å². The molecule has 1 aliphatic heterocycles. The molecule has 0 bridgehead atoms. The third-order valence-corrected chi connectivity index (χ3v) is 5.91. The summed E-state index contributed by atoms with van der Waals surface area (Å²) in [6.45, 7) is 5.04. The molecule has 0 fully saturated rings. The number of carbonyl (C=O) groups excluding carboxylic acids is 2. The monoisotopic (exact) mass is 420 g/mol. The van der Waals surface area contributed by atoms with E-state index in [1.54, 1.807) is 23.1 Å². The molecule has 148 valence electrons. The number of nitrogens with one attached hydrogen (secondary N) is 1. The lowest BCUT2D eigenvalue weighted by molar-refractivity contribution is -0.116. The smallest absolute Gasteiger partial charge is 0.251 e.